The number of amides is 1. The molecule has 1 fully saturated rings. The summed E-state index contributed by atoms with van der Waals surface area (Å²) in [4.78, 5) is 11.9. The topological polar surface area (TPSA) is 119 Å². The van der Waals surface area contributed by atoms with E-state index >= 15 is 0 Å². The summed E-state index contributed by atoms with van der Waals surface area (Å²) in [5.41, 5.74) is 6.19. The third-order valence-corrected chi connectivity index (χ3v) is 6.02. The molecule has 26 heavy (non-hydrogen) atoms. The highest BCUT2D eigenvalue weighted by Crippen LogP contribution is 2.28. The van der Waals surface area contributed by atoms with Gasteiger partial charge in [0.2, 0.25) is 0 Å². The first-order valence-electron chi connectivity index (χ1n) is 9.63. The molecule has 4 N–H and O–H groups in total. The van der Waals surface area contributed by atoms with Crippen molar-refractivity contribution in [2.45, 2.75) is 77.0 Å². The lowest BCUT2D eigenvalue weighted by atomic mass is 9.83. The number of alkyl carbamates (subject to hydrolysis) is 1. The molecule has 154 valence electrons. The molecule has 7 nitrogen and oxygen atoms in total. The van der Waals surface area contributed by atoms with E-state index in [2.05, 4.69) is 5.32 Å². The summed E-state index contributed by atoms with van der Waals surface area (Å²) in [5, 5.41) is 13.2. The van der Waals surface area contributed by atoms with E-state index in [0.29, 0.717) is 12.3 Å². The van der Waals surface area contributed by atoms with Gasteiger partial charge in [-0.15, -0.1) is 0 Å². The Morgan fingerprint density at radius 2 is 1.88 bits per heavy atom. The Bertz CT molecular complexity index is 518. The molecule has 1 aliphatic rings. The minimum atomic E-state index is -3.17. The highest BCUT2D eigenvalue weighted by molar-refractivity contribution is 7.90. The van der Waals surface area contributed by atoms with Crippen molar-refractivity contribution in [2.24, 2.45) is 17.6 Å². The molecule has 8 heteroatoms. The zero-order valence-electron chi connectivity index (χ0n) is 16.3. The number of aliphatic hydroxyl groups is 1. The standard InChI is InChI=1S/C18H36N2O5S/c1-13(2)16(20-18(22)25-9-10-26(3,23)24)12-17(21)15(19)11-14-7-5-4-6-8-14/h13-17,21H,4-12,19H2,1-3H3,(H,20,22)/t15-,16-,17-/m0/s1. The van der Waals surface area contributed by atoms with Crippen LogP contribution in [0.3, 0.4) is 0 Å². The molecule has 0 aromatic rings. The molecular weight excluding hydrogens is 356 g/mol. The van der Waals surface area contributed by atoms with E-state index in [-0.39, 0.29) is 30.4 Å². The number of nitrogens with one attached hydrogen (secondary N) is 1. The molecule has 1 amide bonds. The van der Waals surface area contributed by atoms with E-state index < -0.39 is 22.0 Å². The SMILES string of the molecule is CC(C)[C@H](C[C@H](O)[C@@H](N)CC1CCCCC1)NC(=O)OCCS(C)(=O)=O. The van der Waals surface area contributed by atoms with Gasteiger partial charge in [0.1, 0.15) is 6.61 Å². The van der Waals surface area contributed by atoms with Gasteiger partial charge in [-0.25, -0.2) is 13.2 Å². The third kappa shape index (κ3) is 9.73. The van der Waals surface area contributed by atoms with Gasteiger partial charge in [-0.1, -0.05) is 46.0 Å². The second-order valence-electron chi connectivity index (χ2n) is 7.97. The number of nitrogens with two attached hydrogens (primary N) is 1. The fourth-order valence-electron chi connectivity index (χ4n) is 3.38. The van der Waals surface area contributed by atoms with Gasteiger partial charge < -0.3 is 20.9 Å². The summed E-state index contributed by atoms with van der Waals surface area (Å²) in [7, 11) is -3.17. The molecular formula is C18H36N2O5S. The Morgan fingerprint density at radius 1 is 1.27 bits per heavy atom. The van der Waals surface area contributed by atoms with Crippen LogP contribution in [-0.2, 0) is 14.6 Å². The molecule has 0 heterocycles. The maximum Gasteiger partial charge on any atom is 0.407 e. The van der Waals surface area contributed by atoms with Crippen LogP contribution in [-0.4, -0.2) is 56.4 Å². The van der Waals surface area contributed by atoms with Crippen molar-refractivity contribution in [3.63, 3.8) is 0 Å². The van der Waals surface area contributed by atoms with Crippen LogP contribution in [0.4, 0.5) is 4.79 Å². The fraction of sp³-hybridized carbons (Fsp3) is 0.944. The van der Waals surface area contributed by atoms with E-state index in [1.807, 2.05) is 13.8 Å². The zero-order chi connectivity index (χ0) is 19.7. The molecule has 3 atom stereocenters. The van der Waals surface area contributed by atoms with Gasteiger partial charge in [0.25, 0.3) is 0 Å². The van der Waals surface area contributed by atoms with Crippen molar-refractivity contribution in [2.75, 3.05) is 18.6 Å². The van der Waals surface area contributed by atoms with Crippen molar-refractivity contribution in [3.05, 3.63) is 0 Å². The van der Waals surface area contributed by atoms with Crippen LogP contribution in [0.1, 0.15) is 58.8 Å². The highest BCUT2D eigenvalue weighted by atomic mass is 32.2. The van der Waals surface area contributed by atoms with Gasteiger partial charge in [-0.3, -0.25) is 0 Å². The molecule has 0 saturated heterocycles. The smallest absolute Gasteiger partial charge is 0.407 e. The van der Waals surface area contributed by atoms with Gasteiger partial charge in [0, 0.05) is 18.3 Å². The average Bonchev–Trinajstić information content (AvgIpc) is 2.53. The number of aliphatic hydroxyl groups excluding tert-OH is 1. The molecule has 0 unspecified atom stereocenters. The van der Waals surface area contributed by atoms with Gasteiger partial charge in [0.05, 0.1) is 11.9 Å². The second-order valence-corrected chi connectivity index (χ2v) is 10.2. The summed E-state index contributed by atoms with van der Waals surface area (Å²) in [6.45, 7) is 3.71. The summed E-state index contributed by atoms with van der Waals surface area (Å²) >= 11 is 0. The lowest BCUT2D eigenvalue weighted by Gasteiger charge is -2.30. The Morgan fingerprint density at radius 3 is 2.42 bits per heavy atom. The van der Waals surface area contributed by atoms with Gasteiger partial charge in [-0.2, -0.15) is 0 Å². The van der Waals surface area contributed by atoms with E-state index in [9.17, 15) is 18.3 Å². The normalized spacial score (nSPS) is 19.8. The minimum Gasteiger partial charge on any atom is -0.448 e. The summed E-state index contributed by atoms with van der Waals surface area (Å²) in [6, 6.07) is -0.587. The second kappa shape index (κ2) is 11.1. The van der Waals surface area contributed by atoms with Crippen molar-refractivity contribution in [1.29, 1.82) is 0 Å². The average molecular weight is 393 g/mol. The minimum absolute atomic E-state index is 0.0917. The highest BCUT2D eigenvalue weighted by Gasteiger charge is 2.26. The van der Waals surface area contributed by atoms with Crippen LogP contribution in [0.2, 0.25) is 0 Å². The number of hydrogen-bond donors (Lipinski definition) is 3. The number of ether oxygens (including phenoxy) is 1. The molecule has 1 aliphatic carbocycles. The first-order chi connectivity index (χ1) is 12.1. The molecule has 1 saturated carbocycles. The van der Waals surface area contributed by atoms with Crippen LogP contribution in [0.5, 0.6) is 0 Å². The summed E-state index contributed by atoms with van der Waals surface area (Å²) in [5.74, 6) is 0.468. The predicted molar refractivity (Wildman–Crippen MR) is 103 cm³/mol. The van der Waals surface area contributed by atoms with Gasteiger partial charge in [-0.05, 0) is 24.7 Å². The predicted octanol–water partition coefficient (Wildman–Crippen LogP) is 1.83. The van der Waals surface area contributed by atoms with Crippen LogP contribution in [0, 0.1) is 11.8 Å². The molecule has 1 rings (SSSR count). The lowest BCUT2D eigenvalue weighted by molar-refractivity contribution is 0.0943. The van der Waals surface area contributed by atoms with Gasteiger partial charge >= 0.3 is 6.09 Å². The first-order valence-corrected chi connectivity index (χ1v) is 11.7. The monoisotopic (exact) mass is 392 g/mol. The van der Waals surface area contributed by atoms with E-state index in [1.54, 1.807) is 0 Å². The zero-order valence-corrected chi connectivity index (χ0v) is 17.1. The molecule has 0 bridgehead atoms. The number of carbonyl (C=O) groups excluding carboxylic acids is 1. The third-order valence-electron chi connectivity index (χ3n) is 5.12. The lowest BCUT2D eigenvalue weighted by Crippen LogP contribution is -2.46. The largest absolute Gasteiger partial charge is 0.448 e. The summed E-state index contributed by atoms with van der Waals surface area (Å²) < 4.78 is 27.1. The maximum absolute atomic E-state index is 11.9. The van der Waals surface area contributed by atoms with Crippen LogP contribution in [0.15, 0.2) is 0 Å². The Hall–Kier alpha value is -0.860. The fourth-order valence-corrected chi connectivity index (χ4v) is 3.76. The van der Waals surface area contributed by atoms with E-state index in [0.717, 1.165) is 12.7 Å². The molecule has 0 aromatic heterocycles. The molecule has 0 aromatic carbocycles. The quantitative estimate of drug-likeness (QED) is 0.522. The van der Waals surface area contributed by atoms with Crippen LogP contribution < -0.4 is 11.1 Å². The van der Waals surface area contributed by atoms with Gasteiger partial charge in [0.15, 0.2) is 9.84 Å². The number of rotatable bonds is 10. The van der Waals surface area contributed by atoms with Crippen molar-refractivity contribution in [1.82, 2.24) is 5.32 Å². The van der Waals surface area contributed by atoms with Crippen molar-refractivity contribution >= 4 is 15.9 Å². The summed E-state index contributed by atoms with van der Waals surface area (Å²) in [6.07, 6.45) is 7.02. The first kappa shape index (κ1) is 23.2. The molecule has 0 aliphatic heterocycles. The van der Waals surface area contributed by atoms with Crippen molar-refractivity contribution in [3.8, 4) is 0 Å². The maximum atomic E-state index is 11.9. The van der Waals surface area contributed by atoms with Crippen LogP contribution >= 0.6 is 0 Å². The van der Waals surface area contributed by atoms with E-state index in [4.69, 9.17) is 10.5 Å². The van der Waals surface area contributed by atoms with Crippen LogP contribution in [0.25, 0.3) is 0 Å². The number of hydrogen-bond acceptors (Lipinski definition) is 6. The molecule has 0 spiro atoms. The Balaban J connectivity index is 2.43. The van der Waals surface area contributed by atoms with Crippen molar-refractivity contribution < 1.29 is 23.1 Å². The molecule has 0 radical (unpaired) electrons. The van der Waals surface area contributed by atoms with E-state index in [1.165, 1.54) is 32.1 Å². The number of carbonyl (C=O) groups is 1. The number of sulfone groups is 1. The Kier molecular flexibility index (Phi) is 9.89. The Labute approximate surface area is 158 Å².